The maximum absolute atomic E-state index is 14.4. The van der Waals surface area contributed by atoms with Crippen molar-refractivity contribution in [2.45, 2.75) is 83.5 Å². The summed E-state index contributed by atoms with van der Waals surface area (Å²) in [6.45, 7) is 6.97. The van der Waals surface area contributed by atoms with E-state index < -0.39 is 41.6 Å². The standard InChI is InChI=1S/C31H41N3O6/c1-6-21-15-17-23(18-16-21)27(28(36)32-20-26(35)39-5)34(24-13-10-14-24)29(37)25(19-22-11-8-7-9-12-22)33-30(38)40-31(2,3)4/h7-9,11-12,15-18,24-25,27H,6,10,13-14,19-20H2,1-5H3,(H,32,36)(H,33,38). The highest BCUT2D eigenvalue weighted by Gasteiger charge is 2.42. The third kappa shape index (κ3) is 8.56. The van der Waals surface area contributed by atoms with Crippen molar-refractivity contribution in [3.63, 3.8) is 0 Å². The second kappa shape index (κ2) is 14.0. The molecule has 1 fully saturated rings. The van der Waals surface area contributed by atoms with E-state index in [0.717, 1.165) is 36.8 Å². The van der Waals surface area contributed by atoms with Gasteiger partial charge in [-0.05, 0) is 63.1 Å². The Kier molecular flexibility index (Phi) is 10.7. The number of benzene rings is 2. The van der Waals surface area contributed by atoms with Gasteiger partial charge < -0.3 is 25.0 Å². The Morgan fingerprint density at radius 1 is 0.975 bits per heavy atom. The first-order valence-corrected chi connectivity index (χ1v) is 13.8. The largest absolute Gasteiger partial charge is 0.468 e. The summed E-state index contributed by atoms with van der Waals surface area (Å²) >= 11 is 0. The van der Waals surface area contributed by atoms with E-state index in [9.17, 15) is 19.2 Å². The molecule has 2 aromatic carbocycles. The third-order valence-corrected chi connectivity index (χ3v) is 6.86. The molecule has 2 atom stereocenters. The summed E-state index contributed by atoms with van der Waals surface area (Å²) in [5, 5.41) is 5.41. The fraction of sp³-hybridized carbons (Fsp3) is 0.484. The average molecular weight is 552 g/mol. The molecule has 0 aromatic heterocycles. The highest BCUT2D eigenvalue weighted by Crippen LogP contribution is 2.34. The molecule has 9 nitrogen and oxygen atoms in total. The first kappa shape index (κ1) is 30.7. The average Bonchev–Trinajstić information content (AvgIpc) is 2.89. The summed E-state index contributed by atoms with van der Waals surface area (Å²) in [5.74, 6) is -1.48. The van der Waals surface area contributed by atoms with Crippen LogP contribution in [0.5, 0.6) is 0 Å². The molecule has 1 aliphatic rings. The zero-order chi connectivity index (χ0) is 29.3. The lowest BCUT2D eigenvalue weighted by molar-refractivity contribution is -0.148. The van der Waals surface area contributed by atoms with Gasteiger partial charge in [-0.3, -0.25) is 14.4 Å². The normalized spacial score (nSPS) is 14.7. The maximum atomic E-state index is 14.4. The molecule has 40 heavy (non-hydrogen) atoms. The zero-order valence-corrected chi connectivity index (χ0v) is 24.1. The molecule has 0 heterocycles. The number of nitrogens with one attached hydrogen (secondary N) is 2. The van der Waals surface area contributed by atoms with Gasteiger partial charge >= 0.3 is 12.1 Å². The molecular weight excluding hydrogens is 510 g/mol. The van der Waals surface area contributed by atoms with Crippen LogP contribution in [-0.2, 0) is 36.7 Å². The van der Waals surface area contributed by atoms with E-state index in [1.807, 2.05) is 61.5 Å². The minimum Gasteiger partial charge on any atom is -0.468 e. The van der Waals surface area contributed by atoms with Gasteiger partial charge in [-0.25, -0.2) is 4.79 Å². The lowest BCUT2D eigenvalue weighted by Crippen LogP contribution is -2.58. The van der Waals surface area contributed by atoms with Crippen LogP contribution in [0, 0.1) is 0 Å². The molecule has 0 saturated heterocycles. The summed E-state index contributed by atoms with van der Waals surface area (Å²) in [7, 11) is 1.25. The smallest absolute Gasteiger partial charge is 0.408 e. The van der Waals surface area contributed by atoms with Crippen LogP contribution in [0.1, 0.15) is 69.7 Å². The predicted molar refractivity (Wildman–Crippen MR) is 151 cm³/mol. The van der Waals surface area contributed by atoms with E-state index >= 15 is 0 Å². The van der Waals surface area contributed by atoms with Crippen molar-refractivity contribution >= 4 is 23.9 Å². The molecule has 0 spiro atoms. The number of hydrogen-bond donors (Lipinski definition) is 2. The van der Waals surface area contributed by atoms with Crippen LogP contribution in [0.4, 0.5) is 4.79 Å². The Balaban J connectivity index is 2.02. The lowest BCUT2D eigenvalue weighted by atomic mass is 9.87. The van der Waals surface area contributed by atoms with Crippen LogP contribution in [0.15, 0.2) is 54.6 Å². The number of rotatable bonds is 11. The van der Waals surface area contributed by atoms with Crippen molar-refractivity contribution in [1.82, 2.24) is 15.5 Å². The van der Waals surface area contributed by atoms with E-state index in [2.05, 4.69) is 10.6 Å². The van der Waals surface area contributed by atoms with Gasteiger partial charge in [0.15, 0.2) is 0 Å². The molecule has 216 valence electrons. The number of aryl methyl sites for hydroxylation is 1. The molecule has 3 amide bonds. The summed E-state index contributed by atoms with van der Waals surface area (Å²) in [4.78, 5) is 54.4. The minimum atomic E-state index is -1.01. The van der Waals surface area contributed by atoms with Crippen molar-refractivity contribution in [1.29, 1.82) is 0 Å². The van der Waals surface area contributed by atoms with Gasteiger partial charge in [0.2, 0.25) is 11.8 Å². The summed E-state index contributed by atoms with van der Waals surface area (Å²) in [6, 6.07) is 14.7. The van der Waals surface area contributed by atoms with Gasteiger partial charge in [-0.15, -0.1) is 0 Å². The van der Waals surface area contributed by atoms with Crippen LogP contribution in [0.2, 0.25) is 0 Å². The first-order valence-electron chi connectivity index (χ1n) is 13.8. The molecule has 0 radical (unpaired) electrons. The second-order valence-electron chi connectivity index (χ2n) is 11.0. The number of nitrogens with zero attached hydrogens (tertiary/aromatic N) is 1. The molecule has 9 heteroatoms. The first-order chi connectivity index (χ1) is 19.0. The van der Waals surface area contributed by atoms with Crippen LogP contribution >= 0.6 is 0 Å². The maximum Gasteiger partial charge on any atom is 0.408 e. The molecule has 1 saturated carbocycles. The van der Waals surface area contributed by atoms with Gasteiger partial charge in [-0.2, -0.15) is 0 Å². The van der Waals surface area contributed by atoms with Crippen molar-refractivity contribution < 1.29 is 28.7 Å². The number of hydrogen-bond acceptors (Lipinski definition) is 6. The van der Waals surface area contributed by atoms with E-state index in [-0.39, 0.29) is 19.0 Å². The number of esters is 1. The van der Waals surface area contributed by atoms with E-state index in [0.29, 0.717) is 5.56 Å². The quantitative estimate of drug-likeness (QED) is 0.407. The zero-order valence-electron chi connectivity index (χ0n) is 24.1. The molecule has 3 rings (SSSR count). The molecule has 2 unspecified atom stereocenters. The van der Waals surface area contributed by atoms with Gasteiger partial charge in [0.05, 0.1) is 7.11 Å². The highest BCUT2D eigenvalue weighted by molar-refractivity contribution is 5.93. The Bertz CT molecular complexity index is 1160. The Morgan fingerprint density at radius 3 is 2.15 bits per heavy atom. The van der Waals surface area contributed by atoms with Crippen LogP contribution in [-0.4, -0.2) is 60.1 Å². The van der Waals surface area contributed by atoms with Gasteiger partial charge in [0.1, 0.15) is 24.2 Å². The van der Waals surface area contributed by atoms with Crippen LogP contribution < -0.4 is 10.6 Å². The molecule has 0 bridgehead atoms. The number of ether oxygens (including phenoxy) is 2. The molecular formula is C31H41N3O6. The van der Waals surface area contributed by atoms with Gasteiger partial charge in [0.25, 0.3) is 0 Å². The topological polar surface area (TPSA) is 114 Å². The van der Waals surface area contributed by atoms with Gasteiger partial charge in [-0.1, -0.05) is 61.5 Å². The van der Waals surface area contributed by atoms with Crippen LogP contribution in [0.3, 0.4) is 0 Å². The molecule has 2 N–H and O–H groups in total. The SMILES string of the molecule is CCc1ccc(C(C(=O)NCC(=O)OC)N(C(=O)C(Cc2ccccc2)NC(=O)OC(C)(C)C)C2CCC2)cc1. The summed E-state index contributed by atoms with van der Waals surface area (Å²) in [6.07, 6.45) is 2.70. The van der Waals surface area contributed by atoms with Crippen molar-refractivity contribution in [3.05, 3.63) is 71.3 Å². The van der Waals surface area contributed by atoms with Crippen molar-refractivity contribution in [2.75, 3.05) is 13.7 Å². The highest BCUT2D eigenvalue weighted by atomic mass is 16.6. The Hall–Kier alpha value is -3.88. The van der Waals surface area contributed by atoms with E-state index in [1.54, 1.807) is 25.7 Å². The third-order valence-electron chi connectivity index (χ3n) is 6.86. The fourth-order valence-electron chi connectivity index (χ4n) is 4.56. The molecule has 0 aliphatic heterocycles. The number of carbonyl (C=O) groups excluding carboxylic acids is 4. The Morgan fingerprint density at radius 2 is 1.62 bits per heavy atom. The molecule has 1 aliphatic carbocycles. The monoisotopic (exact) mass is 551 g/mol. The van der Waals surface area contributed by atoms with E-state index in [4.69, 9.17) is 9.47 Å². The Labute approximate surface area is 236 Å². The predicted octanol–water partition coefficient (Wildman–Crippen LogP) is 4.10. The van der Waals surface area contributed by atoms with Gasteiger partial charge in [0, 0.05) is 12.5 Å². The molecule has 2 aromatic rings. The summed E-state index contributed by atoms with van der Waals surface area (Å²) in [5.41, 5.74) is 1.81. The van der Waals surface area contributed by atoms with E-state index in [1.165, 1.54) is 7.11 Å². The number of amides is 3. The number of carbonyl (C=O) groups is 4. The van der Waals surface area contributed by atoms with Crippen molar-refractivity contribution in [3.8, 4) is 0 Å². The number of alkyl carbamates (subject to hydrolysis) is 1. The minimum absolute atomic E-state index is 0.203. The second-order valence-corrected chi connectivity index (χ2v) is 11.0. The van der Waals surface area contributed by atoms with Crippen molar-refractivity contribution in [2.24, 2.45) is 0 Å². The lowest BCUT2D eigenvalue weighted by Gasteiger charge is -2.43. The summed E-state index contributed by atoms with van der Waals surface area (Å²) < 4.78 is 10.2. The number of methoxy groups -OCH3 is 1. The van der Waals surface area contributed by atoms with Crippen LogP contribution in [0.25, 0.3) is 0 Å². The fourth-order valence-corrected chi connectivity index (χ4v) is 4.56.